The van der Waals surface area contributed by atoms with E-state index in [2.05, 4.69) is 10.1 Å². The van der Waals surface area contributed by atoms with Gasteiger partial charge in [0.2, 0.25) is 0 Å². The van der Waals surface area contributed by atoms with Gasteiger partial charge < -0.3 is 14.2 Å². The second kappa shape index (κ2) is 5.67. The van der Waals surface area contributed by atoms with Gasteiger partial charge in [0.05, 0.1) is 12.8 Å². The van der Waals surface area contributed by atoms with Crippen LogP contribution in [0.3, 0.4) is 0 Å². The van der Waals surface area contributed by atoms with Crippen molar-refractivity contribution in [3.8, 4) is 0 Å². The molecule has 0 saturated carbocycles. The molecule has 0 radical (unpaired) electrons. The summed E-state index contributed by atoms with van der Waals surface area (Å²) in [5, 5.41) is 4.03. The molecule has 1 amide bonds. The number of nitrogens with zero attached hydrogens (tertiary/aromatic N) is 3. The van der Waals surface area contributed by atoms with Crippen LogP contribution >= 0.6 is 0 Å². The highest BCUT2D eigenvalue weighted by Gasteiger charge is 2.37. The summed E-state index contributed by atoms with van der Waals surface area (Å²) in [5.41, 5.74) is 2.15. The number of carbonyl (C=O) groups excluding carboxylic acids is 1. The van der Waals surface area contributed by atoms with Gasteiger partial charge in [-0.1, -0.05) is 5.16 Å². The molecule has 6 nitrogen and oxygen atoms in total. The van der Waals surface area contributed by atoms with E-state index < -0.39 is 0 Å². The van der Waals surface area contributed by atoms with Gasteiger partial charge in [0, 0.05) is 37.8 Å². The Morgan fingerprint density at radius 3 is 2.81 bits per heavy atom. The van der Waals surface area contributed by atoms with E-state index in [4.69, 9.17) is 9.26 Å². The largest absolute Gasteiger partial charge is 0.453 e. The standard InChI is InChI=1S/C15H23N3O3/c1-10-14(11(2)21-16-10)9-17-6-12-4-5-13(8-17)18(7-12)15(19)20-3/h12-13H,4-9H2,1-3H3/t12-,13+/m1/s1. The molecule has 6 heteroatoms. The van der Waals surface area contributed by atoms with Gasteiger partial charge in [-0.2, -0.15) is 0 Å². The molecule has 3 aliphatic rings. The van der Waals surface area contributed by atoms with Gasteiger partial charge in [-0.25, -0.2) is 4.79 Å². The zero-order valence-corrected chi connectivity index (χ0v) is 13.0. The van der Waals surface area contributed by atoms with Crippen LogP contribution in [-0.4, -0.2) is 53.8 Å². The van der Waals surface area contributed by atoms with Crippen molar-refractivity contribution in [2.24, 2.45) is 5.92 Å². The Morgan fingerprint density at radius 2 is 2.14 bits per heavy atom. The summed E-state index contributed by atoms with van der Waals surface area (Å²) in [7, 11) is 1.46. The maximum atomic E-state index is 11.9. The summed E-state index contributed by atoms with van der Waals surface area (Å²) in [6, 6.07) is 0.261. The van der Waals surface area contributed by atoms with Crippen LogP contribution in [0.4, 0.5) is 4.79 Å². The Labute approximate surface area is 125 Å². The minimum Gasteiger partial charge on any atom is -0.453 e. The molecule has 4 rings (SSSR count). The molecule has 2 atom stereocenters. The van der Waals surface area contributed by atoms with Crippen molar-refractivity contribution >= 4 is 6.09 Å². The number of piperidine rings is 1. The number of aryl methyl sites for hydroxylation is 2. The summed E-state index contributed by atoms with van der Waals surface area (Å²) in [4.78, 5) is 16.2. The lowest BCUT2D eigenvalue weighted by molar-refractivity contribution is 0.0833. The Hall–Kier alpha value is -1.56. The van der Waals surface area contributed by atoms with Crippen LogP contribution in [0.25, 0.3) is 0 Å². The zero-order valence-electron chi connectivity index (χ0n) is 13.0. The summed E-state index contributed by atoms with van der Waals surface area (Å²) >= 11 is 0. The third kappa shape index (κ3) is 2.77. The van der Waals surface area contributed by atoms with Gasteiger partial charge in [0.15, 0.2) is 0 Å². The molecule has 1 aromatic heterocycles. The lowest BCUT2D eigenvalue weighted by Crippen LogP contribution is -2.47. The molecular formula is C15H23N3O3. The van der Waals surface area contributed by atoms with E-state index in [1.807, 2.05) is 18.7 Å². The van der Waals surface area contributed by atoms with Crippen LogP contribution in [0.15, 0.2) is 4.52 Å². The van der Waals surface area contributed by atoms with E-state index in [9.17, 15) is 4.79 Å². The highest BCUT2D eigenvalue weighted by Crippen LogP contribution is 2.29. The Kier molecular flexibility index (Phi) is 3.89. The van der Waals surface area contributed by atoms with Crippen molar-refractivity contribution in [1.82, 2.24) is 15.0 Å². The third-order valence-electron chi connectivity index (χ3n) is 4.76. The molecule has 4 heterocycles. The molecule has 0 aromatic carbocycles. The van der Waals surface area contributed by atoms with Gasteiger partial charge >= 0.3 is 6.09 Å². The number of ether oxygens (including phenoxy) is 1. The topological polar surface area (TPSA) is 58.8 Å². The molecule has 0 N–H and O–H groups in total. The smallest absolute Gasteiger partial charge is 0.409 e. The van der Waals surface area contributed by atoms with Gasteiger partial charge in [0.25, 0.3) is 0 Å². The second-order valence-electron chi connectivity index (χ2n) is 6.22. The molecular weight excluding hydrogens is 270 g/mol. The summed E-state index contributed by atoms with van der Waals surface area (Å²) in [6.07, 6.45) is 2.07. The monoisotopic (exact) mass is 293 g/mol. The summed E-state index contributed by atoms with van der Waals surface area (Å²) in [5.74, 6) is 1.43. The SMILES string of the molecule is COC(=O)N1C[C@@H]2CC[C@H]1CN(Cc1c(C)noc1C)C2. The van der Waals surface area contributed by atoms with E-state index in [1.165, 1.54) is 19.1 Å². The van der Waals surface area contributed by atoms with Gasteiger partial charge in [-0.15, -0.1) is 0 Å². The average molecular weight is 293 g/mol. The Balaban J connectivity index is 1.74. The maximum absolute atomic E-state index is 11.9. The van der Waals surface area contributed by atoms with Gasteiger partial charge in [-0.3, -0.25) is 4.90 Å². The highest BCUT2D eigenvalue weighted by atomic mass is 16.5. The first-order valence-corrected chi connectivity index (χ1v) is 7.57. The molecule has 21 heavy (non-hydrogen) atoms. The van der Waals surface area contributed by atoms with Crippen molar-refractivity contribution < 1.29 is 14.1 Å². The number of hydrogen-bond acceptors (Lipinski definition) is 5. The van der Waals surface area contributed by atoms with E-state index in [0.717, 1.165) is 44.1 Å². The number of amides is 1. The molecule has 0 unspecified atom stereocenters. The quantitative estimate of drug-likeness (QED) is 0.834. The molecule has 0 aliphatic carbocycles. The fourth-order valence-corrected chi connectivity index (χ4v) is 3.60. The number of rotatable bonds is 2. The lowest BCUT2D eigenvalue weighted by atomic mass is 9.95. The Bertz CT molecular complexity index is 509. The van der Waals surface area contributed by atoms with Crippen molar-refractivity contribution in [3.05, 3.63) is 17.0 Å². The van der Waals surface area contributed by atoms with Crippen LogP contribution in [-0.2, 0) is 11.3 Å². The van der Waals surface area contributed by atoms with Crippen LogP contribution in [0, 0.1) is 19.8 Å². The predicted molar refractivity (Wildman–Crippen MR) is 76.9 cm³/mol. The second-order valence-corrected chi connectivity index (χ2v) is 6.22. The molecule has 2 bridgehead atoms. The van der Waals surface area contributed by atoms with Crippen molar-refractivity contribution in [3.63, 3.8) is 0 Å². The molecule has 3 saturated heterocycles. The number of fused-ring (bicyclic) bond motifs is 4. The Morgan fingerprint density at radius 1 is 1.33 bits per heavy atom. The van der Waals surface area contributed by atoms with Gasteiger partial charge in [0.1, 0.15) is 5.76 Å². The number of carbonyl (C=O) groups is 1. The summed E-state index contributed by atoms with van der Waals surface area (Å²) < 4.78 is 10.2. The predicted octanol–water partition coefficient (Wildman–Crippen LogP) is 1.95. The van der Waals surface area contributed by atoms with E-state index in [0.29, 0.717) is 5.92 Å². The number of hydrogen-bond donors (Lipinski definition) is 0. The van der Waals surface area contributed by atoms with Crippen LogP contribution in [0.2, 0.25) is 0 Å². The maximum Gasteiger partial charge on any atom is 0.409 e. The molecule has 116 valence electrons. The van der Waals surface area contributed by atoms with Gasteiger partial charge in [-0.05, 0) is 32.6 Å². The van der Waals surface area contributed by atoms with Crippen LogP contribution in [0.1, 0.15) is 29.9 Å². The first-order valence-electron chi connectivity index (χ1n) is 7.57. The zero-order chi connectivity index (χ0) is 15.0. The van der Waals surface area contributed by atoms with E-state index >= 15 is 0 Å². The number of methoxy groups -OCH3 is 1. The summed E-state index contributed by atoms with van der Waals surface area (Å²) in [6.45, 7) is 7.53. The third-order valence-corrected chi connectivity index (χ3v) is 4.76. The van der Waals surface area contributed by atoms with E-state index in [-0.39, 0.29) is 12.1 Å². The molecule has 3 aliphatic heterocycles. The molecule has 0 spiro atoms. The van der Waals surface area contributed by atoms with Crippen molar-refractivity contribution in [2.75, 3.05) is 26.7 Å². The van der Waals surface area contributed by atoms with Crippen molar-refractivity contribution in [1.29, 1.82) is 0 Å². The normalized spacial score (nSPS) is 26.0. The lowest BCUT2D eigenvalue weighted by Gasteiger charge is -2.34. The molecule has 1 aromatic rings. The fourth-order valence-electron chi connectivity index (χ4n) is 3.60. The van der Waals surface area contributed by atoms with Crippen LogP contribution in [0.5, 0.6) is 0 Å². The fraction of sp³-hybridized carbons (Fsp3) is 0.733. The minimum atomic E-state index is -0.191. The minimum absolute atomic E-state index is 0.191. The first kappa shape index (κ1) is 14.4. The highest BCUT2D eigenvalue weighted by molar-refractivity contribution is 5.68. The van der Waals surface area contributed by atoms with Crippen molar-refractivity contribution in [2.45, 2.75) is 39.3 Å². The first-order chi connectivity index (χ1) is 10.1. The number of aromatic nitrogens is 1. The van der Waals surface area contributed by atoms with Crippen LogP contribution < -0.4 is 0 Å². The average Bonchev–Trinajstić information content (AvgIpc) is 2.69. The van der Waals surface area contributed by atoms with E-state index in [1.54, 1.807) is 0 Å². The molecule has 3 fully saturated rings.